The van der Waals surface area contributed by atoms with E-state index in [2.05, 4.69) is 6.92 Å². The van der Waals surface area contributed by atoms with Gasteiger partial charge >= 0.3 is 0 Å². The monoisotopic (exact) mass is 347 g/mol. The molecule has 0 aliphatic heterocycles. The lowest BCUT2D eigenvalue weighted by molar-refractivity contribution is -0.384. The third-order valence-corrected chi connectivity index (χ3v) is 4.62. The van der Waals surface area contributed by atoms with Gasteiger partial charge in [-0.15, -0.1) is 0 Å². The lowest BCUT2D eigenvalue weighted by Crippen LogP contribution is -1.98. The fraction of sp³-hybridized carbons (Fsp3) is 0.182. The Kier molecular flexibility index (Phi) is 5.03. The van der Waals surface area contributed by atoms with E-state index in [1.54, 1.807) is 18.2 Å². The molecule has 4 nitrogen and oxygen atoms in total. The minimum absolute atomic E-state index is 0.134. The summed E-state index contributed by atoms with van der Waals surface area (Å²) in [6, 6.07) is 20.5. The van der Waals surface area contributed by atoms with Crippen molar-refractivity contribution in [2.75, 3.05) is 0 Å². The summed E-state index contributed by atoms with van der Waals surface area (Å²) in [5.41, 5.74) is 4.83. The van der Waals surface area contributed by atoms with Crippen LogP contribution in [0.3, 0.4) is 0 Å². The van der Waals surface area contributed by atoms with Crippen LogP contribution in [0.5, 0.6) is 5.75 Å². The maximum absolute atomic E-state index is 11.3. The van der Waals surface area contributed by atoms with Crippen molar-refractivity contribution < 1.29 is 10.0 Å². The van der Waals surface area contributed by atoms with E-state index in [0.717, 1.165) is 23.1 Å². The quantitative estimate of drug-likeness (QED) is 0.481. The Labute approximate surface area is 152 Å². The van der Waals surface area contributed by atoms with Gasteiger partial charge < -0.3 is 5.11 Å². The van der Waals surface area contributed by atoms with Gasteiger partial charge in [0.25, 0.3) is 5.69 Å². The second-order valence-electron chi connectivity index (χ2n) is 6.67. The molecule has 0 aromatic heterocycles. The minimum atomic E-state index is -0.330. The number of nitrogens with zero attached hydrogens (tertiary/aromatic N) is 1. The molecule has 4 heteroatoms. The molecule has 0 aliphatic rings. The van der Waals surface area contributed by atoms with Gasteiger partial charge in [0.1, 0.15) is 5.75 Å². The Morgan fingerprint density at radius 3 is 2.27 bits per heavy atom. The maximum atomic E-state index is 11.3. The average molecular weight is 347 g/mol. The summed E-state index contributed by atoms with van der Waals surface area (Å²) in [5.74, 6) is 0.576. The van der Waals surface area contributed by atoms with E-state index in [0.29, 0.717) is 11.5 Å². The van der Waals surface area contributed by atoms with Crippen LogP contribution in [0.15, 0.2) is 66.7 Å². The summed E-state index contributed by atoms with van der Waals surface area (Å²) in [6.07, 6.45) is 0.865. The first-order chi connectivity index (χ1) is 12.4. The van der Waals surface area contributed by atoms with Gasteiger partial charge in [0.15, 0.2) is 0 Å². The molecule has 3 rings (SSSR count). The number of aromatic hydroxyl groups is 1. The van der Waals surface area contributed by atoms with Crippen molar-refractivity contribution in [3.05, 3.63) is 93.5 Å². The zero-order valence-corrected chi connectivity index (χ0v) is 14.8. The summed E-state index contributed by atoms with van der Waals surface area (Å²) in [6.45, 7) is 4.00. The van der Waals surface area contributed by atoms with Gasteiger partial charge in [0.2, 0.25) is 0 Å². The van der Waals surface area contributed by atoms with E-state index in [4.69, 9.17) is 0 Å². The van der Waals surface area contributed by atoms with Crippen LogP contribution in [0.1, 0.15) is 29.5 Å². The van der Waals surface area contributed by atoms with Crippen molar-refractivity contribution in [1.29, 1.82) is 0 Å². The molecule has 0 heterocycles. The molecule has 3 aromatic carbocycles. The van der Waals surface area contributed by atoms with Gasteiger partial charge in [-0.25, -0.2) is 0 Å². The standard InChI is InChI=1S/C22H21NO3/c1-15-3-12-21(22(13-15)23(25)26)19-8-6-18(7-9-19)16(2)14-17-4-10-20(24)11-5-17/h3-13,16,24H,14H2,1-2H3. The molecule has 0 saturated carbocycles. The summed E-state index contributed by atoms with van der Waals surface area (Å²) in [7, 11) is 0. The van der Waals surface area contributed by atoms with Crippen molar-refractivity contribution in [3.63, 3.8) is 0 Å². The van der Waals surface area contributed by atoms with Crippen LogP contribution in [0.2, 0.25) is 0 Å². The van der Waals surface area contributed by atoms with Crippen molar-refractivity contribution >= 4 is 5.69 Å². The Hall–Kier alpha value is -3.14. The van der Waals surface area contributed by atoms with Gasteiger partial charge in [-0.05, 0) is 59.7 Å². The number of phenols is 1. The number of hydrogen-bond donors (Lipinski definition) is 1. The summed E-state index contributed by atoms with van der Waals surface area (Å²) in [4.78, 5) is 11.0. The third-order valence-electron chi connectivity index (χ3n) is 4.62. The van der Waals surface area contributed by atoms with Gasteiger partial charge in [0, 0.05) is 6.07 Å². The Morgan fingerprint density at radius 2 is 1.65 bits per heavy atom. The van der Waals surface area contributed by atoms with E-state index in [-0.39, 0.29) is 16.4 Å². The molecule has 0 spiro atoms. The summed E-state index contributed by atoms with van der Waals surface area (Å²) in [5, 5.41) is 20.7. The van der Waals surface area contributed by atoms with E-state index in [1.807, 2.05) is 55.5 Å². The molecule has 0 bridgehead atoms. The summed E-state index contributed by atoms with van der Waals surface area (Å²) < 4.78 is 0. The molecule has 3 aromatic rings. The SMILES string of the molecule is Cc1ccc(-c2ccc(C(C)Cc3ccc(O)cc3)cc2)c([N+](=O)[O-])c1. The van der Waals surface area contributed by atoms with E-state index < -0.39 is 0 Å². The summed E-state index contributed by atoms with van der Waals surface area (Å²) >= 11 is 0. The number of phenolic OH excluding ortho intramolecular Hbond substituents is 1. The van der Waals surface area contributed by atoms with Gasteiger partial charge in [-0.2, -0.15) is 0 Å². The van der Waals surface area contributed by atoms with E-state index >= 15 is 0 Å². The van der Waals surface area contributed by atoms with Gasteiger partial charge in [-0.1, -0.05) is 49.4 Å². The zero-order chi connectivity index (χ0) is 18.7. The van der Waals surface area contributed by atoms with E-state index in [1.165, 1.54) is 5.56 Å². The molecule has 0 saturated heterocycles. The number of nitro benzene ring substituents is 1. The first-order valence-corrected chi connectivity index (χ1v) is 8.57. The normalized spacial score (nSPS) is 11.9. The molecule has 0 fully saturated rings. The smallest absolute Gasteiger partial charge is 0.277 e. The molecule has 132 valence electrons. The Bertz CT molecular complexity index is 915. The van der Waals surface area contributed by atoms with Crippen LogP contribution >= 0.6 is 0 Å². The van der Waals surface area contributed by atoms with Gasteiger partial charge in [0.05, 0.1) is 10.5 Å². The molecular weight excluding hydrogens is 326 g/mol. The van der Waals surface area contributed by atoms with Crippen LogP contribution in [0.4, 0.5) is 5.69 Å². The van der Waals surface area contributed by atoms with Crippen molar-refractivity contribution in [1.82, 2.24) is 0 Å². The van der Waals surface area contributed by atoms with Crippen molar-refractivity contribution in [3.8, 4) is 16.9 Å². The zero-order valence-electron chi connectivity index (χ0n) is 14.8. The molecule has 0 radical (unpaired) electrons. The third kappa shape index (κ3) is 3.91. The molecule has 0 aliphatic carbocycles. The number of benzene rings is 3. The van der Waals surface area contributed by atoms with Crippen molar-refractivity contribution in [2.45, 2.75) is 26.2 Å². The van der Waals surface area contributed by atoms with Crippen LogP contribution in [-0.4, -0.2) is 10.0 Å². The first kappa shape index (κ1) is 17.7. The average Bonchev–Trinajstić information content (AvgIpc) is 2.63. The molecule has 1 N–H and O–H groups in total. The fourth-order valence-electron chi connectivity index (χ4n) is 3.13. The molecule has 1 atom stereocenters. The number of hydrogen-bond acceptors (Lipinski definition) is 3. The van der Waals surface area contributed by atoms with Crippen LogP contribution in [-0.2, 0) is 6.42 Å². The number of nitro groups is 1. The van der Waals surface area contributed by atoms with Crippen LogP contribution < -0.4 is 0 Å². The lowest BCUT2D eigenvalue weighted by Gasteiger charge is -2.13. The number of rotatable bonds is 5. The Balaban J connectivity index is 1.82. The molecular formula is C22H21NO3. The fourth-order valence-corrected chi connectivity index (χ4v) is 3.13. The predicted molar refractivity (Wildman–Crippen MR) is 103 cm³/mol. The number of aryl methyl sites for hydroxylation is 1. The highest BCUT2D eigenvalue weighted by Crippen LogP contribution is 2.32. The molecule has 1 unspecified atom stereocenters. The molecule has 26 heavy (non-hydrogen) atoms. The first-order valence-electron chi connectivity index (χ1n) is 8.57. The van der Waals surface area contributed by atoms with Crippen molar-refractivity contribution in [2.24, 2.45) is 0 Å². The Morgan fingerprint density at radius 1 is 1.00 bits per heavy atom. The topological polar surface area (TPSA) is 63.4 Å². The van der Waals surface area contributed by atoms with Gasteiger partial charge in [-0.3, -0.25) is 10.1 Å². The second kappa shape index (κ2) is 7.40. The van der Waals surface area contributed by atoms with Crippen LogP contribution in [0, 0.1) is 17.0 Å². The lowest BCUT2D eigenvalue weighted by atomic mass is 9.92. The highest BCUT2D eigenvalue weighted by atomic mass is 16.6. The molecule has 0 amide bonds. The highest BCUT2D eigenvalue weighted by Gasteiger charge is 2.16. The minimum Gasteiger partial charge on any atom is -0.508 e. The maximum Gasteiger partial charge on any atom is 0.277 e. The second-order valence-corrected chi connectivity index (χ2v) is 6.67. The largest absolute Gasteiger partial charge is 0.508 e. The van der Waals surface area contributed by atoms with Crippen LogP contribution in [0.25, 0.3) is 11.1 Å². The highest BCUT2D eigenvalue weighted by molar-refractivity contribution is 5.74. The van der Waals surface area contributed by atoms with E-state index in [9.17, 15) is 15.2 Å². The predicted octanol–water partition coefficient (Wildman–Crippen LogP) is 5.62.